The van der Waals surface area contributed by atoms with Crippen molar-refractivity contribution < 1.29 is 28.9 Å². The lowest BCUT2D eigenvalue weighted by Crippen LogP contribution is -2.24. The van der Waals surface area contributed by atoms with Crippen molar-refractivity contribution in [1.29, 1.82) is 0 Å². The van der Waals surface area contributed by atoms with Crippen LogP contribution in [0.3, 0.4) is 0 Å². The van der Waals surface area contributed by atoms with Gasteiger partial charge in [0.1, 0.15) is 11.3 Å². The monoisotopic (exact) mass is 423 g/mol. The van der Waals surface area contributed by atoms with Gasteiger partial charge in [0.2, 0.25) is 0 Å². The first-order chi connectivity index (χ1) is 15.0. The van der Waals surface area contributed by atoms with Crippen LogP contribution in [0.4, 0.5) is 0 Å². The van der Waals surface area contributed by atoms with Crippen LogP contribution in [-0.4, -0.2) is 48.0 Å². The first-order valence-electron chi connectivity index (χ1n) is 9.34. The van der Waals surface area contributed by atoms with Crippen LogP contribution in [0.15, 0.2) is 59.8 Å². The Morgan fingerprint density at radius 2 is 1.97 bits per heavy atom. The number of carbonyl (C=O) groups is 2. The molecule has 0 saturated carbocycles. The topological polar surface area (TPSA) is 119 Å². The van der Waals surface area contributed by atoms with Gasteiger partial charge in [-0.15, -0.1) is 0 Å². The number of nitrogens with one attached hydrogen (secondary N) is 1. The number of rotatable bonds is 9. The maximum Gasteiger partial charge on any atom is 0.344 e. The molecule has 9 heteroatoms. The third-order valence-corrected chi connectivity index (χ3v) is 4.20. The Morgan fingerprint density at radius 1 is 1.16 bits per heavy atom. The van der Waals surface area contributed by atoms with Crippen molar-refractivity contribution in [2.45, 2.75) is 13.0 Å². The van der Waals surface area contributed by atoms with E-state index in [2.05, 4.69) is 15.5 Å². The lowest BCUT2D eigenvalue weighted by atomic mass is 10.2. The third-order valence-electron chi connectivity index (χ3n) is 4.20. The number of aliphatic carboxylic acids is 1. The summed E-state index contributed by atoms with van der Waals surface area (Å²) in [6, 6.07) is 14.0. The highest BCUT2D eigenvalue weighted by Gasteiger charge is 2.15. The molecular formula is C22H21N3O6. The zero-order valence-corrected chi connectivity index (χ0v) is 16.9. The maximum absolute atomic E-state index is 12.0. The van der Waals surface area contributed by atoms with Crippen molar-refractivity contribution in [2.75, 3.05) is 13.7 Å². The molecule has 3 rings (SSSR count). The van der Waals surface area contributed by atoms with E-state index in [4.69, 9.17) is 19.3 Å². The summed E-state index contributed by atoms with van der Waals surface area (Å²) >= 11 is 0. The van der Waals surface area contributed by atoms with Gasteiger partial charge in [-0.3, -0.25) is 9.78 Å². The van der Waals surface area contributed by atoms with Crippen LogP contribution >= 0.6 is 0 Å². The van der Waals surface area contributed by atoms with Crippen molar-refractivity contribution in [3.8, 4) is 17.2 Å². The highest BCUT2D eigenvalue weighted by molar-refractivity contribution is 5.86. The predicted molar refractivity (Wildman–Crippen MR) is 114 cm³/mol. The number of carboxylic acids is 1. The number of para-hydroxylation sites is 1. The molecule has 31 heavy (non-hydrogen) atoms. The van der Waals surface area contributed by atoms with Gasteiger partial charge in [0, 0.05) is 11.6 Å². The number of hydrogen-bond donors (Lipinski definition) is 2. The number of ether oxygens (including phenoxy) is 3. The number of aromatic nitrogens is 1. The van der Waals surface area contributed by atoms with Crippen LogP contribution in [0.25, 0.3) is 10.9 Å². The molecule has 0 spiro atoms. The van der Waals surface area contributed by atoms with Crippen LogP contribution < -0.4 is 19.6 Å². The lowest BCUT2D eigenvalue weighted by molar-refractivity contribution is -0.144. The summed E-state index contributed by atoms with van der Waals surface area (Å²) in [6.07, 6.45) is 2.06. The molecule has 0 aliphatic carbocycles. The van der Waals surface area contributed by atoms with Crippen molar-refractivity contribution >= 4 is 29.0 Å². The first-order valence-corrected chi connectivity index (χ1v) is 9.34. The summed E-state index contributed by atoms with van der Waals surface area (Å²) in [5.41, 5.74) is 3.68. The summed E-state index contributed by atoms with van der Waals surface area (Å²) in [6.45, 7) is 1.19. The van der Waals surface area contributed by atoms with Crippen molar-refractivity contribution in [2.24, 2.45) is 5.10 Å². The molecule has 1 atom stereocenters. The zero-order chi connectivity index (χ0) is 22.2. The van der Waals surface area contributed by atoms with Gasteiger partial charge in [-0.1, -0.05) is 18.2 Å². The van der Waals surface area contributed by atoms with Crippen molar-refractivity contribution in [3.05, 3.63) is 60.3 Å². The Balaban J connectivity index is 1.57. The van der Waals surface area contributed by atoms with Gasteiger partial charge in [-0.25, -0.2) is 10.2 Å². The number of nitrogens with zero attached hydrogens (tertiary/aromatic N) is 2. The number of pyridine rings is 1. The van der Waals surface area contributed by atoms with E-state index in [0.717, 1.165) is 5.39 Å². The molecule has 0 aliphatic rings. The fourth-order valence-electron chi connectivity index (χ4n) is 2.65. The highest BCUT2D eigenvalue weighted by Crippen LogP contribution is 2.28. The van der Waals surface area contributed by atoms with Crippen LogP contribution in [0.5, 0.6) is 17.2 Å². The molecule has 1 heterocycles. The molecule has 0 saturated heterocycles. The van der Waals surface area contributed by atoms with E-state index in [-0.39, 0.29) is 12.4 Å². The minimum absolute atomic E-state index is 0.226. The molecule has 3 aromatic rings. The molecule has 0 aliphatic heterocycles. The minimum Gasteiger partial charge on any atom is -0.493 e. The average Bonchev–Trinajstić information content (AvgIpc) is 2.78. The van der Waals surface area contributed by atoms with Gasteiger partial charge in [0.15, 0.2) is 24.2 Å². The number of amides is 1. The summed E-state index contributed by atoms with van der Waals surface area (Å²) < 4.78 is 16.1. The van der Waals surface area contributed by atoms with Gasteiger partial charge >= 0.3 is 5.97 Å². The second kappa shape index (κ2) is 10.1. The number of hydrazone groups is 1. The van der Waals surface area contributed by atoms with E-state index in [9.17, 15) is 9.59 Å². The zero-order valence-electron chi connectivity index (χ0n) is 16.9. The molecule has 9 nitrogen and oxygen atoms in total. The third kappa shape index (κ3) is 5.69. The van der Waals surface area contributed by atoms with E-state index in [1.54, 1.807) is 30.5 Å². The Morgan fingerprint density at radius 3 is 2.74 bits per heavy atom. The number of carbonyl (C=O) groups excluding carboxylic acids is 1. The van der Waals surface area contributed by atoms with Crippen LogP contribution in [-0.2, 0) is 9.59 Å². The average molecular weight is 423 g/mol. The highest BCUT2D eigenvalue weighted by atomic mass is 16.5. The van der Waals surface area contributed by atoms with Crippen molar-refractivity contribution in [3.63, 3.8) is 0 Å². The Bertz CT molecular complexity index is 1110. The largest absolute Gasteiger partial charge is 0.493 e. The van der Waals surface area contributed by atoms with Crippen LogP contribution in [0.2, 0.25) is 0 Å². The molecule has 0 fully saturated rings. The normalized spacial score (nSPS) is 11.8. The predicted octanol–water partition coefficient (Wildman–Crippen LogP) is 2.62. The SMILES string of the molecule is COc1cc(/C=N\NC(=O)COc2cccc3cccnc23)ccc1O[C@H](C)C(=O)O. The van der Waals surface area contributed by atoms with Gasteiger partial charge < -0.3 is 19.3 Å². The smallest absolute Gasteiger partial charge is 0.344 e. The number of benzene rings is 2. The second-order valence-electron chi connectivity index (χ2n) is 6.42. The Hall–Kier alpha value is -4.14. The maximum atomic E-state index is 12.0. The number of hydrogen-bond acceptors (Lipinski definition) is 7. The first kappa shape index (κ1) is 21.6. The molecule has 2 N–H and O–H groups in total. The second-order valence-corrected chi connectivity index (χ2v) is 6.42. The van der Waals surface area contributed by atoms with Gasteiger partial charge in [0.05, 0.1) is 13.3 Å². The summed E-state index contributed by atoms with van der Waals surface area (Å²) in [7, 11) is 1.44. The van der Waals surface area contributed by atoms with Gasteiger partial charge in [-0.2, -0.15) is 5.10 Å². The van der Waals surface area contributed by atoms with E-state index in [1.807, 2.05) is 24.3 Å². The Kier molecular flexibility index (Phi) is 7.00. The summed E-state index contributed by atoms with van der Waals surface area (Å²) in [5, 5.41) is 13.8. The number of carboxylic acid groups (broad SMARTS) is 1. The quantitative estimate of drug-likeness (QED) is 0.401. The fraction of sp³-hybridized carbons (Fsp3) is 0.182. The van der Waals surface area contributed by atoms with Gasteiger partial charge in [0.25, 0.3) is 5.91 Å². The molecule has 0 bridgehead atoms. The fourth-order valence-corrected chi connectivity index (χ4v) is 2.65. The minimum atomic E-state index is -1.09. The van der Waals surface area contributed by atoms with Crippen LogP contribution in [0.1, 0.15) is 12.5 Å². The van der Waals surface area contributed by atoms with E-state index < -0.39 is 18.0 Å². The standard InChI is InChI=1S/C22H21N3O6/c1-14(22(27)28)31-17-9-8-15(11-19(17)29-2)12-24-25-20(26)13-30-18-7-3-5-16-6-4-10-23-21(16)18/h3-12,14H,13H2,1-2H3,(H,25,26)(H,27,28)/b24-12-/t14-/m1/s1. The van der Waals surface area contributed by atoms with E-state index >= 15 is 0 Å². The number of fused-ring (bicyclic) bond motifs is 1. The molecule has 0 radical (unpaired) electrons. The van der Waals surface area contributed by atoms with Gasteiger partial charge in [-0.05, 0) is 42.8 Å². The van der Waals surface area contributed by atoms with Crippen LogP contribution in [0, 0.1) is 0 Å². The van der Waals surface area contributed by atoms with E-state index in [1.165, 1.54) is 20.2 Å². The van der Waals surface area contributed by atoms with Crippen molar-refractivity contribution in [1.82, 2.24) is 10.4 Å². The lowest BCUT2D eigenvalue weighted by Gasteiger charge is -2.14. The summed E-state index contributed by atoms with van der Waals surface area (Å²) in [4.78, 5) is 27.2. The molecule has 1 amide bonds. The molecule has 160 valence electrons. The molecule has 2 aromatic carbocycles. The van der Waals surface area contributed by atoms with E-state index in [0.29, 0.717) is 22.6 Å². The molecular weight excluding hydrogens is 402 g/mol. The Labute approximate surface area is 178 Å². The molecule has 1 aromatic heterocycles. The molecule has 0 unspecified atom stereocenters. The number of methoxy groups -OCH3 is 1. The summed E-state index contributed by atoms with van der Waals surface area (Å²) in [5.74, 6) is -0.387.